The standard InChI is InChI=1S/C35H64O4/c1-3-5-7-9-11-13-14-15-16-17-18-20-22-28-32-35(38)39-33(30-26-23-24-27-31-34(36)37)29-25-21-19-12-10-8-6-4-2/h14-15,25,29,33H,3-13,16-24,26-28,30-32H2,1-2H3,(H,36,37)/b15-14-,29-25-. The number of rotatable bonds is 30. The van der Waals surface area contributed by atoms with E-state index in [4.69, 9.17) is 9.84 Å². The van der Waals surface area contributed by atoms with Gasteiger partial charge in [0.25, 0.3) is 0 Å². The Morgan fingerprint density at radius 2 is 1.00 bits per heavy atom. The van der Waals surface area contributed by atoms with E-state index in [2.05, 4.69) is 38.2 Å². The van der Waals surface area contributed by atoms with Gasteiger partial charge in [-0.3, -0.25) is 9.59 Å². The van der Waals surface area contributed by atoms with E-state index in [9.17, 15) is 9.59 Å². The monoisotopic (exact) mass is 548 g/mol. The Morgan fingerprint density at radius 3 is 1.54 bits per heavy atom. The number of unbranched alkanes of at least 4 members (excludes halogenated alkanes) is 19. The number of ether oxygens (including phenoxy) is 1. The molecule has 0 fully saturated rings. The third-order valence-corrected chi connectivity index (χ3v) is 7.38. The lowest BCUT2D eigenvalue weighted by Crippen LogP contribution is -2.16. The first-order valence-corrected chi connectivity index (χ1v) is 16.8. The van der Waals surface area contributed by atoms with E-state index in [-0.39, 0.29) is 18.5 Å². The van der Waals surface area contributed by atoms with Crippen molar-refractivity contribution in [3.63, 3.8) is 0 Å². The predicted octanol–water partition coefficient (Wildman–Crippen LogP) is 11.3. The van der Waals surface area contributed by atoms with Crippen LogP contribution in [0.5, 0.6) is 0 Å². The van der Waals surface area contributed by atoms with Crippen molar-refractivity contribution in [3.8, 4) is 0 Å². The number of esters is 1. The summed E-state index contributed by atoms with van der Waals surface area (Å²) in [5.74, 6) is -0.795. The van der Waals surface area contributed by atoms with Crippen molar-refractivity contribution >= 4 is 11.9 Å². The molecular formula is C35H64O4. The summed E-state index contributed by atoms with van der Waals surface area (Å²) in [7, 11) is 0. The molecule has 4 heteroatoms. The van der Waals surface area contributed by atoms with Crippen molar-refractivity contribution in [1.82, 2.24) is 0 Å². The summed E-state index contributed by atoms with van der Waals surface area (Å²) in [6, 6.07) is 0. The highest BCUT2D eigenvalue weighted by atomic mass is 16.5. The number of hydrogen-bond acceptors (Lipinski definition) is 3. The highest BCUT2D eigenvalue weighted by Gasteiger charge is 2.11. The van der Waals surface area contributed by atoms with Crippen LogP contribution in [0.4, 0.5) is 0 Å². The largest absolute Gasteiger partial charge is 0.481 e. The smallest absolute Gasteiger partial charge is 0.306 e. The van der Waals surface area contributed by atoms with E-state index in [0.717, 1.165) is 51.4 Å². The molecule has 4 nitrogen and oxygen atoms in total. The van der Waals surface area contributed by atoms with Gasteiger partial charge in [0, 0.05) is 12.8 Å². The zero-order chi connectivity index (χ0) is 28.7. The molecule has 0 rings (SSSR count). The SMILES string of the molecule is CCCCCCC/C=C\CCCCCCCC(=O)OC(/C=C\CCCCCCCC)CCCCCCC(=O)O. The number of carboxylic acid groups (broad SMARTS) is 1. The van der Waals surface area contributed by atoms with Crippen LogP contribution in [0.25, 0.3) is 0 Å². The van der Waals surface area contributed by atoms with E-state index < -0.39 is 5.97 Å². The number of aliphatic carboxylic acids is 1. The predicted molar refractivity (Wildman–Crippen MR) is 167 cm³/mol. The molecule has 0 aliphatic heterocycles. The summed E-state index contributed by atoms with van der Waals surface area (Å²) < 4.78 is 5.84. The molecule has 0 spiro atoms. The van der Waals surface area contributed by atoms with Gasteiger partial charge in [-0.05, 0) is 70.3 Å². The molecule has 39 heavy (non-hydrogen) atoms. The fourth-order valence-electron chi connectivity index (χ4n) is 4.85. The fourth-order valence-corrected chi connectivity index (χ4v) is 4.85. The second-order valence-electron chi connectivity index (χ2n) is 11.3. The first-order chi connectivity index (χ1) is 19.1. The zero-order valence-corrected chi connectivity index (χ0v) is 25.9. The summed E-state index contributed by atoms with van der Waals surface area (Å²) >= 11 is 0. The Balaban J connectivity index is 4.05. The van der Waals surface area contributed by atoms with Crippen LogP contribution in [0.15, 0.2) is 24.3 Å². The molecule has 0 heterocycles. The Hall–Kier alpha value is -1.58. The Kier molecular flexibility index (Phi) is 29.7. The van der Waals surface area contributed by atoms with Gasteiger partial charge in [-0.1, -0.05) is 122 Å². The number of hydrogen-bond donors (Lipinski definition) is 1. The molecule has 0 aliphatic rings. The van der Waals surface area contributed by atoms with Crippen LogP contribution in [0.2, 0.25) is 0 Å². The lowest BCUT2D eigenvalue weighted by molar-refractivity contribution is -0.147. The maximum atomic E-state index is 12.5. The topological polar surface area (TPSA) is 63.6 Å². The van der Waals surface area contributed by atoms with Crippen molar-refractivity contribution in [2.45, 2.75) is 187 Å². The molecule has 0 saturated carbocycles. The molecule has 0 aliphatic carbocycles. The molecular weight excluding hydrogens is 484 g/mol. The summed E-state index contributed by atoms with van der Waals surface area (Å²) in [6.07, 6.45) is 37.7. The van der Waals surface area contributed by atoms with Crippen LogP contribution in [0.1, 0.15) is 181 Å². The normalized spacial score (nSPS) is 12.5. The molecule has 0 radical (unpaired) electrons. The summed E-state index contributed by atoms with van der Waals surface area (Å²) in [5.41, 5.74) is 0. The number of carboxylic acids is 1. The molecule has 228 valence electrons. The summed E-state index contributed by atoms with van der Waals surface area (Å²) in [6.45, 7) is 4.50. The van der Waals surface area contributed by atoms with E-state index in [1.165, 1.54) is 103 Å². The van der Waals surface area contributed by atoms with Crippen LogP contribution >= 0.6 is 0 Å². The molecule has 0 saturated heterocycles. The van der Waals surface area contributed by atoms with Crippen molar-refractivity contribution in [2.24, 2.45) is 0 Å². The van der Waals surface area contributed by atoms with E-state index >= 15 is 0 Å². The van der Waals surface area contributed by atoms with Gasteiger partial charge in [-0.25, -0.2) is 0 Å². The Bertz CT molecular complexity index is 595. The number of allylic oxidation sites excluding steroid dienone is 3. The molecule has 1 unspecified atom stereocenters. The van der Waals surface area contributed by atoms with Crippen molar-refractivity contribution in [3.05, 3.63) is 24.3 Å². The van der Waals surface area contributed by atoms with Gasteiger partial charge < -0.3 is 9.84 Å². The first-order valence-electron chi connectivity index (χ1n) is 16.8. The minimum Gasteiger partial charge on any atom is -0.481 e. The van der Waals surface area contributed by atoms with Gasteiger partial charge in [-0.15, -0.1) is 0 Å². The molecule has 0 aromatic carbocycles. The zero-order valence-electron chi connectivity index (χ0n) is 25.9. The Morgan fingerprint density at radius 1 is 0.564 bits per heavy atom. The summed E-state index contributed by atoms with van der Waals surface area (Å²) in [4.78, 5) is 23.2. The number of carbonyl (C=O) groups excluding carboxylic acids is 1. The molecule has 0 aromatic heterocycles. The first kappa shape index (κ1) is 37.4. The van der Waals surface area contributed by atoms with Crippen LogP contribution in [0.3, 0.4) is 0 Å². The van der Waals surface area contributed by atoms with E-state index in [1.54, 1.807) is 0 Å². The van der Waals surface area contributed by atoms with Gasteiger partial charge in [0.15, 0.2) is 0 Å². The Labute approximate surface area is 242 Å². The lowest BCUT2D eigenvalue weighted by atomic mass is 10.1. The highest BCUT2D eigenvalue weighted by Crippen LogP contribution is 2.15. The minimum absolute atomic E-state index is 0.0723. The van der Waals surface area contributed by atoms with Crippen LogP contribution < -0.4 is 0 Å². The molecule has 0 bridgehead atoms. The number of carbonyl (C=O) groups is 2. The molecule has 0 aromatic rings. The molecule has 0 amide bonds. The van der Waals surface area contributed by atoms with Crippen molar-refractivity contribution < 1.29 is 19.4 Å². The van der Waals surface area contributed by atoms with Gasteiger partial charge in [0.1, 0.15) is 6.10 Å². The average molecular weight is 549 g/mol. The van der Waals surface area contributed by atoms with Gasteiger partial charge in [-0.2, -0.15) is 0 Å². The van der Waals surface area contributed by atoms with E-state index in [1.807, 2.05) is 0 Å². The summed E-state index contributed by atoms with van der Waals surface area (Å²) in [5, 5.41) is 8.79. The fraction of sp³-hybridized carbons (Fsp3) is 0.829. The average Bonchev–Trinajstić information content (AvgIpc) is 2.91. The minimum atomic E-state index is -0.722. The van der Waals surface area contributed by atoms with Crippen molar-refractivity contribution in [2.75, 3.05) is 0 Å². The maximum absolute atomic E-state index is 12.5. The van der Waals surface area contributed by atoms with Crippen LogP contribution in [-0.2, 0) is 14.3 Å². The quantitative estimate of drug-likeness (QED) is 0.0550. The van der Waals surface area contributed by atoms with Crippen molar-refractivity contribution in [1.29, 1.82) is 0 Å². The molecule has 1 N–H and O–H groups in total. The second-order valence-corrected chi connectivity index (χ2v) is 11.3. The van der Waals surface area contributed by atoms with Crippen LogP contribution in [-0.4, -0.2) is 23.1 Å². The van der Waals surface area contributed by atoms with Gasteiger partial charge >= 0.3 is 11.9 Å². The lowest BCUT2D eigenvalue weighted by Gasteiger charge is -2.15. The third kappa shape index (κ3) is 30.8. The van der Waals surface area contributed by atoms with E-state index in [0.29, 0.717) is 6.42 Å². The van der Waals surface area contributed by atoms with Crippen LogP contribution in [0, 0.1) is 0 Å². The third-order valence-electron chi connectivity index (χ3n) is 7.38. The maximum Gasteiger partial charge on any atom is 0.306 e. The molecule has 1 atom stereocenters. The second kappa shape index (κ2) is 31.0. The van der Waals surface area contributed by atoms with Gasteiger partial charge in [0.05, 0.1) is 0 Å². The van der Waals surface area contributed by atoms with Gasteiger partial charge in [0.2, 0.25) is 0 Å². The highest BCUT2D eigenvalue weighted by molar-refractivity contribution is 5.69.